The Bertz CT molecular complexity index is 416. The molecule has 0 saturated carbocycles. The third-order valence-electron chi connectivity index (χ3n) is 1.94. The maximum Gasteiger partial charge on any atom is 0.573 e. The molecule has 0 atom stereocenters. The van der Waals surface area contributed by atoms with Crippen molar-refractivity contribution in [3.63, 3.8) is 0 Å². The molecule has 0 unspecified atom stereocenters. The van der Waals surface area contributed by atoms with E-state index in [0.29, 0.717) is 4.90 Å². The van der Waals surface area contributed by atoms with Gasteiger partial charge in [-0.05, 0) is 25.3 Å². The Morgan fingerprint density at radius 2 is 2.06 bits per heavy atom. The fourth-order valence-corrected chi connectivity index (χ4v) is 1.72. The van der Waals surface area contributed by atoms with Crippen molar-refractivity contribution in [2.75, 3.05) is 6.26 Å². The van der Waals surface area contributed by atoms with Gasteiger partial charge in [-0.2, -0.15) is 0 Å². The zero-order chi connectivity index (χ0) is 13.1. The van der Waals surface area contributed by atoms with Crippen LogP contribution in [-0.4, -0.2) is 18.4 Å². The zero-order valence-electron chi connectivity index (χ0n) is 9.30. The number of hydrogen-bond acceptors (Lipinski definition) is 3. The molecule has 0 spiro atoms. The minimum absolute atomic E-state index is 0.0694. The molecule has 0 bridgehead atoms. The Morgan fingerprint density at radius 3 is 2.53 bits per heavy atom. The standard InChI is InChI=1S/C11H11F3O2S/c1-7(15)5-8-3-4-9(17-2)6-10(8)16-11(12,13)14/h3-4,6H,5H2,1-2H3. The van der Waals surface area contributed by atoms with Crippen molar-refractivity contribution in [1.29, 1.82) is 0 Å². The number of Topliss-reactive ketones (excluding diaryl/α,β-unsaturated/α-hetero) is 1. The van der Waals surface area contributed by atoms with Gasteiger partial charge in [-0.3, -0.25) is 4.79 Å². The predicted molar refractivity (Wildman–Crippen MR) is 59.3 cm³/mol. The van der Waals surface area contributed by atoms with E-state index in [0.717, 1.165) is 0 Å². The summed E-state index contributed by atoms with van der Waals surface area (Å²) in [4.78, 5) is 11.6. The van der Waals surface area contributed by atoms with E-state index in [2.05, 4.69) is 4.74 Å². The van der Waals surface area contributed by atoms with Crippen molar-refractivity contribution in [2.45, 2.75) is 24.6 Å². The number of carbonyl (C=O) groups is 1. The van der Waals surface area contributed by atoms with Crippen molar-refractivity contribution in [1.82, 2.24) is 0 Å². The SMILES string of the molecule is CSc1ccc(CC(C)=O)c(OC(F)(F)F)c1. The molecule has 0 fully saturated rings. The summed E-state index contributed by atoms with van der Waals surface area (Å²) in [6.45, 7) is 1.32. The number of carbonyl (C=O) groups excluding carboxylic acids is 1. The van der Waals surface area contributed by atoms with Crippen LogP contribution in [0.3, 0.4) is 0 Å². The number of thioether (sulfide) groups is 1. The van der Waals surface area contributed by atoms with Gasteiger partial charge in [0.1, 0.15) is 11.5 Å². The summed E-state index contributed by atoms with van der Waals surface area (Å²) in [5, 5.41) is 0. The average Bonchev–Trinajstić information content (AvgIpc) is 2.17. The van der Waals surface area contributed by atoms with Crippen LogP contribution in [0, 0.1) is 0 Å². The van der Waals surface area contributed by atoms with Gasteiger partial charge in [0.25, 0.3) is 0 Å². The van der Waals surface area contributed by atoms with E-state index in [1.165, 1.54) is 30.8 Å². The molecule has 0 radical (unpaired) electrons. The van der Waals surface area contributed by atoms with Crippen LogP contribution in [0.2, 0.25) is 0 Å². The number of ketones is 1. The first-order chi connectivity index (χ1) is 7.81. The van der Waals surface area contributed by atoms with Gasteiger partial charge in [0.05, 0.1) is 0 Å². The fraction of sp³-hybridized carbons (Fsp3) is 0.364. The Labute approximate surface area is 101 Å². The third-order valence-corrected chi connectivity index (χ3v) is 2.66. The summed E-state index contributed by atoms with van der Waals surface area (Å²) < 4.78 is 40.5. The second kappa shape index (κ2) is 5.44. The molecule has 2 nitrogen and oxygen atoms in total. The Kier molecular flexibility index (Phi) is 4.45. The molecule has 0 amide bonds. The zero-order valence-corrected chi connectivity index (χ0v) is 10.1. The van der Waals surface area contributed by atoms with Crippen molar-refractivity contribution in [2.24, 2.45) is 0 Å². The molecule has 1 rings (SSSR count). The molecular weight excluding hydrogens is 253 g/mol. The molecule has 1 aromatic rings. The maximum absolute atomic E-state index is 12.2. The second-order valence-corrected chi connectivity index (χ2v) is 4.28. The summed E-state index contributed by atoms with van der Waals surface area (Å²) in [7, 11) is 0. The number of ether oxygens (including phenoxy) is 1. The van der Waals surface area contributed by atoms with Crippen LogP contribution in [0.5, 0.6) is 5.75 Å². The van der Waals surface area contributed by atoms with Crippen molar-refractivity contribution >= 4 is 17.5 Å². The van der Waals surface area contributed by atoms with Gasteiger partial charge in [0, 0.05) is 16.9 Å². The first kappa shape index (κ1) is 13.9. The molecule has 1 aromatic carbocycles. The number of benzene rings is 1. The van der Waals surface area contributed by atoms with Crippen LogP contribution < -0.4 is 4.74 Å². The number of halogens is 3. The minimum Gasteiger partial charge on any atom is -0.405 e. The number of rotatable bonds is 4. The molecule has 94 valence electrons. The van der Waals surface area contributed by atoms with Gasteiger partial charge in [-0.15, -0.1) is 24.9 Å². The average molecular weight is 264 g/mol. The fourth-order valence-electron chi connectivity index (χ4n) is 1.30. The van der Waals surface area contributed by atoms with Gasteiger partial charge >= 0.3 is 6.36 Å². The Hall–Kier alpha value is -1.17. The van der Waals surface area contributed by atoms with Crippen LogP contribution in [0.1, 0.15) is 12.5 Å². The van der Waals surface area contributed by atoms with E-state index in [1.54, 1.807) is 12.3 Å². The molecule has 17 heavy (non-hydrogen) atoms. The van der Waals surface area contributed by atoms with E-state index in [1.807, 2.05) is 0 Å². The van der Waals surface area contributed by atoms with Crippen LogP contribution in [0.4, 0.5) is 13.2 Å². The van der Waals surface area contributed by atoms with Crippen LogP contribution >= 0.6 is 11.8 Å². The molecule has 0 heterocycles. The molecule has 0 N–H and O–H groups in total. The van der Waals surface area contributed by atoms with E-state index >= 15 is 0 Å². The Morgan fingerprint density at radius 1 is 1.41 bits per heavy atom. The third kappa shape index (κ3) is 4.68. The lowest BCUT2D eigenvalue weighted by Crippen LogP contribution is -2.18. The maximum atomic E-state index is 12.2. The summed E-state index contributed by atoms with van der Waals surface area (Å²) in [5.74, 6) is -0.520. The number of hydrogen-bond donors (Lipinski definition) is 0. The summed E-state index contributed by atoms with van der Waals surface area (Å²) >= 11 is 1.30. The van der Waals surface area contributed by atoms with Crippen molar-refractivity contribution in [3.8, 4) is 5.75 Å². The van der Waals surface area contributed by atoms with E-state index in [4.69, 9.17) is 0 Å². The quantitative estimate of drug-likeness (QED) is 0.779. The van der Waals surface area contributed by atoms with Gasteiger partial charge in [-0.25, -0.2) is 0 Å². The molecule has 0 saturated heterocycles. The lowest BCUT2D eigenvalue weighted by Gasteiger charge is -2.13. The highest BCUT2D eigenvalue weighted by molar-refractivity contribution is 7.98. The first-order valence-corrected chi connectivity index (χ1v) is 5.96. The van der Waals surface area contributed by atoms with Crippen molar-refractivity contribution < 1.29 is 22.7 Å². The molecule has 0 aliphatic rings. The van der Waals surface area contributed by atoms with Crippen LogP contribution in [-0.2, 0) is 11.2 Å². The normalized spacial score (nSPS) is 11.4. The predicted octanol–water partition coefficient (Wildman–Crippen LogP) is 3.44. The van der Waals surface area contributed by atoms with Gasteiger partial charge < -0.3 is 4.74 Å². The lowest BCUT2D eigenvalue weighted by molar-refractivity contribution is -0.275. The molecule has 0 aliphatic heterocycles. The molecule has 6 heteroatoms. The molecular formula is C11H11F3O2S. The lowest BCUT2D eigenvalue weighted by atomic mass is 10.1. The monoisotopic (exact) mass is 264 g/mol. The number of alkyl halides is 3. The minimum atomic E-state index is -4.75. The smallest absolute Gasteiger partial charge is 0.405 e. The highest BCUT2D eigenvalue weighted by atomic mass is 32.2. The largest absolute Gasteiger partial charge is 0.573 e. The summed E-state index contributed by atoms with van der Waals surface area (Å²) in [5.41, 5.74) is 0.243. The van der Waals surface area contributed by atoms with Gasteiger partial charge in [0.15, 0.2) is 0 Å². The second-order valence-electron chi connectivity index (χ2n) is 3.40. The first-order valence-electron chi connectivity index (χ1n) is 4.74. The summed E-state index contributed by atoms with van der Waals surface area (Å²) in [6, 6.07) is 4.43. The van der Waals surface area contributed by atoms with Crippen molar-refractivity contribution in [3.05, 3.63) is 23.8 Å². The highest BCUT2D eigenvalue weighted by Crippen LogP contribution is 2.30. The topological polar surface area (TPSA) is 26.3 Å². The van der Waals surface area contributed by atoms with E-state index < -0.39 is 6.36 Å². The van der Waals surface area contributed by atoms with Gasteiger partial charge in [0.2, 0.25) is 0 Å². The van der Waals surface area contributed by atoms with Gasteiger partial charge in [-0.1, -0.05) is 6.07 Å². The molecule has 0 aliphatic carbocycles. The summed E-state index contributed by atoms with van der Waals surface area (Å²) in [6.07, 6.45) is -3.07. The van der Waals surface area contributed by atoms with E-state index in [9.17, 15) is 18.0 Å². The van der Waals surface area contributed by atoms with Crippen LogP contribution in [0.25, 0.3) is 0 Å². The Balaban J connectivity index is 3.07. The molecule has 0 aromatic heterocycles. The highest BCUT2D eigenvalue weighted by Gasteiger charge is 2.32. The van der Waals surface area contributed by atoms with E-state index in [-0.39, 0.29) is 23.5 Å². The van der Waals surface area contributed by atoms with Crippen LogP contribution in [0.15, 0.2) is 23.1 Å².